The third-order valence-electron chi connectivity index (χ3n) is 5.17. The monoisotopic (exact) mass is 466 g/mol. The lowest BCUT2D eigenvalue weighted by Gasteiger charge is -2.16. The Morgan fingerprint density at radius 1 is 1.03 bits per heavy atom. The first-order chi connectivity index (χ1) is 15.9. The number of nitrogens with zero attached hydrogens (tertiary/aromatic N) is 3. The largest absolute Gasteiger partial charge is 0.481 e. The summed E-state index contributed by atoms with van der Waals surface area (Å²) < 4.78 is 1.92. The SMILES string of the molecule is N#Cc1ccc(-c2ccnn2-c2c(Cl)ccc3c2CCNCC3)cc1.O=C(O)CCC(=O)O. The summed E-state index contributed by atoms with van der Waals surface area (Å²) in [6.45, 7) is 1.92. The normalized spacial score (nSPS) is 12.5. The van der Waals surface area contributed by atoms with E-state index in [2.05, 4.69) is 22.6 Å². The van der Waals surface area contributed by atoms with Crippen LogP contribution in [0.5, 0.6) is 0 Å². The lowest BCUT2D eigenvalue weighted by atomic mass is 10.0. The lowest BCUT2D eigenvalue weighted by molar-refractivity contribution is -0.143. The average molecular weight is 467 g/mol. The molecule has 1 aliphatic heterocycles. The van der Waals surface area contributed by atoms with Crippen LogP contribution in [0.25, 0.3) is 16.9 Å². The molecular weight excluding hydrogens is 444 g/mol. The van der Waals surface area contributed by atoms with Crippen molar-refractivity contribution in [1.82, 2.24) is 15.1 Å². The van der Waals surface area contributed by atoms with Gasteiger partial charge in [0.15, 0.2) is 0 Å². The van der Waals surface area contributed by atoms with Crippen molar-refractivity contribution in [2.24, 2.45) is 0 Å². The van der Waals surface area contributed by atoms with Crippen molar-refractivity contribution in [3.05, 3.63) is 70.4 Å². The van der Waals surface area contributed by atoms with Gasteiger partial charge in [0.05, 0.1) is 47.1 Å². The summed E-state index contributed by atoms with van der Waals surface area (Å²) in [6.07, 6.45) is 3.12. The molecule has 9 heteroatoms. The van der Waals surface area contributed by atoms with Crippen LogP contribution in [-0.4, -0.2) is 45.0 Å². The molecule has 170 valence electrons. The molecular formula is C24H23ClN4O4. The van der Waals surface area contributed by atoms with Crippen molar-refractivity contribution < 1.29 is 19.8 Å². The molecule has 0 amide bonds. The van der Waals surface area contributed by atoms with Crippen LogP contribution in [0.15, 0.2) is 48.7 Å². The standard InChI is InChI=1S/C20H17ClN4.C4H6O4/c21-18-6-5-15-7-10-23-11-8-17(15)20(18)25-19(9-12-24-25)16-3-1-14(13-22)2-4-16;5-3(6)1-2-4(7)8/h1-6,9,12,23H,7-8,10-11H2;1-2H2,(H,5,6)(H,7,8). The van der Waals surface area contributed by atoms with Crippen molar-refractivity contribution in [1.29, 1.82) is 5.26 Å². The van der Waals surface area contributed by atoms with Crippen LogP contribution in [0.2, 0.25) is 5.02 Å². The van der Waals surface area contributed by atoms with E-state index >= 15 is 0 Å². The lowest BCUT2D eigenvalue weighted by Crippen LogP contribution is -2.16. The minimum absolute atomic E-state index is 0.296. The summed E-state index contributed by atoms with van der Waals surface area (Å²) in [4.78, 5) is 19.3. The van der Waals surface area contributed by atoms with E-state index < -0.39 is 11.9 Å². The quantitative estimate of drug-likeness (QED) is 0.523. The van der Waals surface area contributed by atoms with Crippen LogP contribution in [-0.2, 0) is 22.4 Å². The van der Waals surface area contributed by atoms with Gasteiger partial charge in [0.25, 0.3) is 0 Å². The van der Waals surface area contributed by atoms with E-state index in [1.54, 1.807) is 6.20 Å². The Bertz CT molecular complexity index is 1170. The molecule has 3 N–H and O–H groups in total. The number of aliphatic carboxylic acids is 2. The summed E-state index contributed by atoms with van der Waals surface area (Å²) in [7, 11) is 0. The maximum Gasteiger partial charge on any atom is 0.303 e. The second-order valence-corrected chi connectivity index (χ2v) is 7.80. The minimum Gasteiger partial charge on any atom is -0.481 e. The van der Waals surface area contributed by atoms with Crippen molar-refractivity contribution >= 4 is 23.5 Å². The van der Waals surface area contributed by atoms with E-state index in [-0.39, 0.29) is 12.8 Å². The zero-order valence-corrected chi connectivity index (χ0v) is 18.5. The number of halogens is 1. The van der Waals surface area contributed by atoms with Gasteiger partial charge in [0.1, 0.15) is 0 Å². The van der Waals surface area contributed by atoms with Gasteiger partial charge >= 0.3 is 11.9 Å². The first-order valence-corrected chi connectivity index (χ1v) is 10.8. The summed E-state index contributed by atoms with van der Waals surface area (Å²) in [5.74, 6) is -2.15. The Morgan fingerprint density at radius 2 is 1.70 bits per heavy atom. The summed E-state index contributed by atoms with van der Waals surface area (Å²) in [6, 6.07) is 15.8. The zero-order chi connectivity index (χ0) is 23.8. The molecule has 0 atom stereocenters. The van der Waals surface area contributed by atoms with E-state index in [1.165, 1.54) is 11.1 Å². The molecule has 0 fully saturated rings. The highest BCUT2D eigenvalue weighted by molar-refractivity contribution is 6.32. The Balaban J connectivity index is 0.000000331. The first-order valence-electron chi connectivity index (χ1n) is 10.4. The van der Waals surface area contributed by atoms with Crippen LogP contribution in [0, 0.1) is 11.3 Å². The predicted octanol–water partition coefficient (Wildman–Crippen LogP) is 3.69. The van der Waals surface area contributed by atoms with Gasteiger partial charge in [-0.1, -0.05) is 29.8 Å². The molecule has 0 bridgehead atoms. The van der Waals surface area contributed by atoms with Crippen molar-refractivity contribution in [3.63, 3.8) is 0 Å². The number of hydrogen-bond acceptors (Lipinski definition) is 5. The van der Waals surface area contributed by atoms with Gasteiger partial charge in [0, 0.05) is 5.56 Å². The van der Waals surface area contributed by atoms with E-state index in [9.17, 15) is 9.59 Å². The Morgan fingerprint density at radius 3 is 2.33 bits per heavy atom. The maximum atomic E-state index is 9.64. The molecule has 0 radical (unpaired) electrons. The molecule has 0 unspecified atom stereocenters. The predicted molar refractivity (Wildman–Crippen MR) is 124 cm³/mol. The molecule has 33 heavy (non-hydrogen) atoms. The van der Waals surface area contributed by atoms with Crippen molar-refractivity contribution in [3.8, 4) is 23.0 Å². The molecule has 1 aliphatic rings. The summed E-state index contributed by atoms with van der Waals surface area (Å²) in [5, 5.41) is 33.5. The van der Waals surface area contributed by atoms with Gasteiger partial charge in [-0.05, 0) is 61.3 Å². The highest BCUT2D eigenvalue weighted by Gasteiger charge is 2.19. The molecule has 0 aliphatic carbocycles. The number of nitrogens with one attached hydrogen (secondary N) is 1. The summed E-state index contributed by atoms with van der Waals surface area (Å²) >= 11 is 6.59. The molecule has 0 saturated carbocycles. The molecule has 8 nitrogen and oxygen atoms in total. The first kappa shape index (κ1) is 24.0. The van der Waals surface area contributed by atoms with Crippen molar-refractivity contribution in [2.75, 3.05) is 13.1 Å². The number of benzene rings is 2. The number of carboxylic acids is 2. The topological polar surface area (TPSA) is 128 Å². The third kappa shape index (κ3) is 6.19. The van der Waals surface area contributed by atoms with E-state index in [0.29, 0.717) is 10.6 Å². The van der Waals surface area contributed by atoms with Crippen LogP contribution in [0.4, 0.5) is 0 Å². The zero-order valence-electron chi connectivity index (χ0n) is 17.8. The van der Waals surface area contributed by atoms with Gasteiger partial charge in [-0.3, -0.25) is 9.59 Å². The second kappa shape index (κ2) is 11.3. The van der Waals surface area contributed by atoms with Crippen LogP contribution >= 0.6 is 11.6 Å². The number of aromatic nitrogens is 2. The maximum absolute atomic E-state index is 9.64. The van der Waals surface area contributed by atoms with Gasteiger partial charge < -0.3 is 15.5 Å². The number of rotatable bonds is 5. The smallest absolute Gasteiger partial charge is 0.303 e. The van der Waals surface area contributed by atoms with E-state index in [1.807, 2.05) is 41.1 Å². The number of carboxylic acid groups (broad SMARTS) is 2. The van der Waals surface area contributed by atoms with Crippen LogP contribution in [0.3, 0.4) is 0 Å². The highest BCUT2D eigenvalue weighted by atomic mass is 35.5. The highest BCUT2D eigenvalue weighted by Crippen LogP contribution is 2.32. The molecule has 2 heterocycles. The molecule has 0 spiro atoms. The van der Waals surface area contributed by atoms with Gasteiger partial charge in [0.2, 0.25) is 0 Å². The van der Waals surface area contributed by atoms with E-state index in [4.69, 9.17) is 27.1 Å². The second-order valence-electron chi connectivity index (χ2n) is 7.39. The van der Waals surface area contributed by atoms with Gasteiger partial charge in [-0.25, -0.2) is 4.68 Å². The fourth-order valence-electron chi connectivity index (χ4n) is 3.58. The fourth-order valence-corrected chi connectivity index (χ4v) is 3.84. The molecule has 1 aromatic heterocycles. The van der Waals surface area contributed by atoms with Crippen LogP contribution in [0.1, 0.15) is 29.5 Å². The Labute approximate surface area is 196 Å². The summed E-state index contributed by atoms with van der Waals surface area (Å²) in [5.41, 5.74) is 6.18. The average Bonchev–Trinajstić information content (AvgIpc) is 3.16. The fraction of sp³-hybridized carbons (Fsp3) is 0.250. The Hall–Kier alpha value is -3.67. The molecule has 3 aromatic rings. The number of carbonyl (C=O) groups is 2. The van der Waals surface area contributed by atoms with Gasteiger partial charge in [-0.2, -0.15) is 10.4 Å². The molecule has 4 rings (SSSR count). The third-order valence-corrected chi connectivity index (χ3v) is 5.48. The van der Waals surface area contributed by atoms with Crippen LogP contribution < -0.4 is 5.32 Å². The molecule has 0 saturated heterocycles. The number of nitriles is 1. The number of hydrogen-bond donors (Lipinski definition) is 3. The Kier molecular flexibility index (Phi) is 8.19. The minimum atomic E-state index is -1.08. The van der Waals surface area contributed by atoms with Crippen molar-refractivity contribution in [2.45, 2.75) is 25.7 Å². The molecule has 2 aromatic carbocycles. The van der Waals surface area contributed by atoms with Gasteiger partial charge in [-0.15, -0.1) is 0 Å². The number of fused-ring (bicyclic) bond motifs is 1. The van der Waals surface area contributed by atoms with E-state index in [0.717, 1.165) is 42.9 Å².